The van der Waals surface area contributed by atoms with Crippen molar-refractivity contribution < 1.29 is 9.47 Å². The molecule has 4 nitrogen and oxygen atoms in total. The second-order valence-corrected chi connectivity index (χ2v) is 4.09. The standard InChI is InChI=1S/C12H22N2O2/c1-2-14-11(9-13)6-8-15-10-12-5-3-4-7-16-12/h11-12,14H,2-8,10H2,1H3. The lowest BCUT2D eigenvalue weighted by Gasteiger charge is -2.22. The van der Waals surface area contributed by atoms with Crippen molar-refractivity contribution in [2.45, 2.75) is 44.8 Å². The predicted molar refractivity (Wildman–Crippen MR) is 62.1 cm³/mol. The predicted octanol–water partition coefficient (Wildman–Crippen LogP) is 1.46. The first-order valence-electron chi connectivity index (χ1n) is 6.19. The zero-order valence-electron chi connectivity index (χ0n) is 10.1. The van der Waals surface area contributed by atoms with Crippen molar-refractivity contribution in [3.8, 4) is 6.07 Å². The average molecular weight is 226 g/mol. The number of hydrogen-bond donors (Lipinski definition) is 1. The van der Waals surface area contributed by atoms with Crippen LogP contribution in [0.1, 0.15) is 32.6 Å². The Bertz CT molecular complexity index is 210. The van der Waals surface area contributed by atoms with Crippen molar-refractivity contribution in [1.29, 1.82) is 5.26 Å². The highest BCUT2D eigenvalue weighted by atomic mass is 16.5. The second-order valence-electron chi connectivity index (χ2n) is 4.09. The van der Waals surface area contributed by atoms with E-state index in [0.717, 1.165) is 26.0 Å². The van der Waals surface area contributed by atoms with Gasteiger partial charge in [-0.05, 0) is 32.2 Å². The molecule has 0 saturated carbocycles. The summed E-state index contributed by atoms with van der Waals surface area (Å²) >= 11 is 0. The van der Waals surface area contributed by atoms with Crippen molar-refractivity contribution in [2.75, 3.05) is 26.4 Å². The topological polar surface area (TPSA) is 54.3 Å². The summed E-state index contributed by atoms with van der Waals surface area (Å²) in [6.07, 6.45) is 4.54. The molecule has 1 heterocycles. The molecular weight excluding hydrogens is 204 g/mol. The van der Waals surface area contributed by atoms with Crippen LogP contribution in [0.5, 0.6) is 0 Å². The van der Waals surface area contributed by atoms with Gasteiger partial charge in [-0.25, -0.2) is 0 Å². The Hall–Kier alpha value is -0.630. The van der Waals surface area contributed by atoms with Crippen LogP contribution in [0.3, 0.4) is 0 Å². The van der Waals surface area contributed by atoms with Crippen molar-refractivity contribution in [2.24, 2.45) is 0 Å². The zero-order chi connectivity index (χ0) is 11.6. The van der Waals surface area contributed by atoms with Crippen molar-refractivity contribution >= 4 is 0 Å². The maximum absolute atomic E-state index is 8.81. The fraction of sp³-hybridized carbons (Fsp3) is 0.917. The number of nitrogens with one attached hydrogen (secondary N) is 1. The van der Waals surface area contributed by atoms with Crippen LogP contribution >= 0.6 is 0 Å². The van der Waals surface area contributed by atoms with Gasteiger partial charge in [-0.2, -0.15) is 5.26 Å². The summed E-state index contributed by atoms with van der Waals surface area (Å²) in [5, 5.41) is 11.9. The molecule has 0 radical (unpaired) electrons. The van der Waals surface area contributed by atoms with Crippen LogP contribution in [-0.2, 0) is 9.47 Å². The molecule has 0 aliphatic carbocycles. The first-order chi connectivity index (χ1) is 7.86. The Balaban J connectivity index is 1.99. The van der Waals surface area contributed by atoms with Crippen LogP contribution in [0.2, 0.25) is 0 Å². The van der Waals surface area contributed by atoms with Crippen LogP contribution in [-0.4, -0.2) is 38.5 Å². The van der Waals surface area contributed by atoms with Crippen molar-refractivity contribution in [3.05, 3.63) is 0 Å². The van der Waals surface area contributed by atoms with Gasteiger partial charge in [0.15, 0.2) is 0 Å². The third kappa shape index (κ3) is 5.45. The molecule has 1 rings (SSSR count). The third-order valence-corrected chi connectivity index (χ3v) is 2.73. The molecule has 0 spiro atoms. The third-order valence-electron chi connectivity index (χ3n) is 2.73. The summed E-state index contributed by atoms with van der Waals surface area (Å²) < 4.78 is 11.1. The molecule has 0 aromatic carbocycles. The molecule has 0 bridgehead atoms. The molecule has 2 atom stereocenters. The largest absolute Gasteiger partial charge is 0.379 e. The molecule has 1 N–H and O–H groups in total. The lowest BCUT2D eigenvalue weighted by atomic mass is 10.1. The maximum atomic E-state index is 8.81. The van der Waals surface area contributed by atoms with E-state index in [4.69, 9.17) is 14.7 Å². The van der Waals surface area contributed by atoms with Gasteiger partial charge in [0.05, 0.1) is 24.8 Å². The minimum atomic E-state index is -0.0859. The van der Waals surface area contributed by atoms with E-state index in [1.165, 1.54) is 12.8 Å². The number of rotatable bonds is 7. The molecule has 4 heteroatoms. The van der Waals surface area contributed by atoms with E-state index in [-0.39, 0.29) is 12.1 Å². The van der Waals surface area contributed by atoms with Crippen molar-refractivity contribution in [1.82, 2.24) is 5.32 Å². The van der Waals surface area contributed by atoms with Gasteiger partial charge in [0.2, 0.25) is 0 Å². The fourth-order valence-corrected chi connectivity index (χ4v) is 1.81. The molecule has 2 unspecified atom stereocenters. The van der Waals surface area contributed by atoms with Gasteiger partial charge in [0, 0.05) is 13.2 Å². The van der Waals surface area contributed by atoms with E-state index < -0.39 is 0 Å². The summed E-state index contributed by atoms with van der Waals surface area (Å²) in [6.45, 7) is 4.99. The molecule has 16 heavy (non-hydrogen) atoms. The zero-order valence-corrected chi connectivity index (χ0v) is 10.1. The molecule has 92 valence electrons. The molecule has 0 aromatic heterocycles. The number of ether oxygens (including phenoxy) is 2. The smallest absolute Gasteiger partial charge is 0.0974 e. The molecule has 0 aromatic rings. The Morgan fingerprint density at radius 3 is 3.06 bits per heavy atom. The van der Waals surface area contributed by atoms with Gasteiger partial charge in [-0.1, -0.05) is 6.92 Å². The highest BCUT2D eigenvalue weighted by Crippen LogP contribution is 2.12. The normalized spacial score (nSPS) is 22.6. The van der Waals surface area contributed by atoms with E-state index in [2.05, 4.69) is 11.4 Å². The van der Waals surface area contributed by atoms with Crippen LogP contribution in [0.15, 0.2) is 0 Å². The van der Waals surface area contributed by atoms with Gasteiger partial charge < -0.3 is 14.8 Å². The summed E-state index contributed by atoms with van der Waals surface area (Å²) in [5.74, 6) is 0. The second kappa shape index (κ2) is 8.51. The number of hydrogen-bond acceptors (Lipinski definition) is 4. The SMILES string of the molecule is CCNC(C#N)CCOCC1CCCCO1. The Labute approximate surface area is 97.9 Å². The van der Waals surface area contributed by atoms with Crippen LogP contribution in [0, 0.1) is 11.3 Å². The first kappa shape index (κ1) is 13.4. The molecule has 1 fully saturated rings. The minimum absolute atomic E-state index is 0.0859. The number of nitriles is 1. The highest BCUT2D eigenvalue weighted by Gasteiger charge is 2.14. The molecule has 1 aliphatic rings. The lowest BCUT2D eigenvalue weighted by Crippen LogP contribution is -2.29. The van der Waals surface area contributed by atoms with E-state index in [9.17, 15) is 0 Å². The quantitative estimate of drug-likeness (QED) is 0.668. The highest BCUT2D eigenvalue weighted by molar-refractivity contribution is 4.88. The fourth-order valence-electron chi connectivity index (χ4n) is 1.81. The van der Waals surface area contributed by atoms with Crippen molar-refractivity contribution in [3.63, 3.8) is 0 Å². The molecule has 1 saturated heterocycles. The first-order valence-corrected chi connectivity index (χ1v) is 6.19. The van der Waals surface area contributed by atoms with Gasteiger partial charge in [-0.3, -0.25) is 0 Å². The molecule has 1 aliphatic heterocycles. The van der Waals surface area contributed by atoms with Gasteiger partial charge in [0.1, 0.15) is 0 Å². The van der Waals surface area contributed by atoms with Crippen LogP contribution in [0.25, 0.3) is 0 Å². The van der Waals surface area contributed by atoms with Crippen LogP contribution < -0.4 is 5.32 Å². The average Bonchev–Trinajstić information content (AvgIpc) is 2.34. The summed E-state index contributed by atoms with van der Waals surface area (Å²) in [6, 6.07) is 2.13. The Morgan fingerprint density at radius 2 is 2.44 bits per heavy atom. The van der Waals surface area contributed by atoms with Crippen LogP contribution in [0.4, 0.5) is 0 Å². The Morgan fingerprint density at radius 1 is 1.56 bits per heavy atom. The minimum Gasteiger partial charge on any atom is -0.379 e. The summed E-state index contributed by atoms with van der Waals surface area (Å²) in [5.41, 5.74) is 0. The summed E-state index contributed by atoms with van der Waals surface area (Å²) in [4.78, 5) is 0. The van der Waals surface area contributed by atoms with Gasteiger partial charge in [0.25, 0.3) is 0 Å². The molecular formula is C12H22N2O2. The molecule has 0 amide bonds. The van der Waals surface area contributed by atoms with Gasteiger partial charge >= 0.3 is 0 Å². The van der Waals surface area contributed by atoms with Gasteiger partial charge in [-0.15, -0.1) is 0 Å². The maximum Gasteiger partial charge on any atom is 0.0974 e. The summed E-state index contributed by atoms with van der Waals surface area (Å²) in [7, 11) is 0. The lowest BCUT2D eigenvalue weighted by molar-refractivity contribution is -0.0413. The van der Waals surface area contributed by atoms with E-state index >= 15 is 0 Å². The monoisotopic (exact) mass is 226 g/mol. The van der Waals surface area contributed by atoms with E-state index in [1.54, 1.807) is 0 Å². The van der Waals surface area contributed by atoms with E-state index in [1.807, 2.05) is 6.92 Å². The Kier molecular flexibility index (Phi) is 7.15. The number of nitrogens with zero attached hydrogens (tertiary/aromatic N) is 1. The van der Waals surface area contributed by atoms with E-state index in [0.29, 0.717) is 13.2 Å².